The SMILES string of the molecule is CC(C)=CC1=C(C)c2ccccc2C1. The fraction of sp³-hybridized carbons (Fsp3) is 0.286. The molecule has 0 radical (unpaired) electrons. The molecule has 0 nitrogen and oxygen atoms in total. The highest BCUT2D eigenvalue weighted by Gasteiger charge is 2.15. The van der Waals surface area contributed by atoms with Crippen molar-refractivity contribution in [2.24, 2.45) is 0 Å². The van der Waals surface area contributed by atoms with Gasteiger partial charge in [-0.05, 0) is 49.5 Å². The van der Waals surface area contributed by atoms with Crippen LogP contribution in [0.5, 0.6) is 0 Å². The summed E-state index contributed by atoms with van der Waals surface area (Å²) in [4.78, 5) is 0. The lowest BCUT2D eigenvalue weighted by Crippen LogP contribution is -1.81. The second-order valence-electron chi connectivity index (χ2n) is 4.21. The molecule has 0 atom stereocenters. The average molecular weight is 184 g/mol. The predicted octanol–water partition coefficient (Wildman–Crippen LogP) is 3.98. The fourth-order valence-electron chi connectivity index (χ4n) is 2.06. The molecular weight excluding hydrogens is 168 g/mol. The van der Waals surface area contributed by atoms with Crippen LogP contribution in [-0.4, -0.2) is 0 Å². The Morgan fingerprint density at radius 1 is 1.21 bits per heavy atom. The molecule has 0 heteroatoms. The Kier molecular flexibility index (Phi) is 2.28. The zero-order valence-corrected chi connectivity index (χ0v) is 9.09. The Bertz CT molecular complexity index is 415. The van der Waals surface area contributed by atoms with Crippen molar-refractivity contribution in [3.63, 3.8) is 0 Å². The average Bonchev–Trinajstić information content (AvgIpc) is 2.44. The van der Waals surface area contributed by atoms with Crippen molar-refractivity contribution in [1.82, 2.24) is 0 Å². The highest BCUT2D eigenvalue weighted by atomic mass is 14.2. The van der Waals surface area contributed by atoms with Crippen LogP contribution in [0.1, 0.15) is 31.9 Å². The molecule has 0 unspecified atom stereocenters. The molecule has 0 saturated heterocycles. The minimum absolute atomic E-state index is 1.10. The second-order valence-corrected chi connectivity index (χ2v) is 4.21. The normalized spacial score (nSPS) is 14.2. The van der Waals surface area contributed by atoms with Crippen LogP contribution in [-0.2, 0) is 6.42 Å². The van der Waals surface area contributed by atoms with Gasteiger partial charge in [-0.3, -0.25) is 0 Å². The lowest BCUT2D eigenvalue weighted by atomic mass is 10.1. The summed E-state index contributed by atoms with van der Waals surface area (Å²) < 4.78 is 0. The molecule has 0 bridgehead atoms. The molecule has 72 valence electrons. The van der Waals surface area contributed by atoms with Crippen LogP contribution >= 0.6 is 0 Å². The molecule has 1 aromatic rings. The fourth-order valence-corrected chi connectivity index (χ4v) is 2.06. The minimum Gasteiger partial charge on any atom is -0.0761 e. The quantitative estimate of drug-likeness (QED) is 0.619. The van der Waals surface area contributed by atoms with Gasteiger partial charge in [0, 0.05) is 0 Å². The molecule has 1 aliphatic rings. The summed E-state index contributed by atoms with van der Waals surface area (Å²) in [5.74, 6) is 0. The Morgan fingerprint density at radius 2 is 1.93 bits per heavy atom. The van der Waals surface area contributed by atoms with E-state index in [0.717, 1.165) is 6.42 Å². The first-order valence-electron chi connectivity index (χ1n) is 5.11. The van der Waals surface area contributed by atoms with Crippen LogP contribution in [0.3, 0.4) is 0 Å². The van der Waals surface area contributed by atoms with Gasteiger partial charge < -0.3 is 0 Å². The largest absolute Gasteiger partial charge is 0.0761 e. The number of fused-ring (bicyclic) bond motifs is 1. The van der Waals surface area contributed by atoms with Gasteiger partial charge in [-0.2, -0.15) is 0 Å². The smallest absolute Gasteiger partial charge is 0.00169 e. The third kappa shape index (κ3) is 1.52. The lowest BCUT2D eigenvalue weighted by Gasteiger charge is -1.98. The number of rotatable bonds is 1. The summed E-state index contributed by atoms with van der Waals surface area (Å²) in [6.07, 6.45) is 3.41. The highest BCUT2D eigenvalue weighted by Crippen LogP contribution is 2.33. The van der Waals surface area contributed by atoms with E-state index in [1.807, 2.05) is 0 Å². The molecular formula is C14H16. The third-order valence-electron chi connectivity index (χ3n) is 2.75. The van der Waals surface area contributed by atoms with Crippen molar-refractivity contribution in [3.05, 3.63) is 52.6 Å². The molecule has 1 aliphatic carbocycles. The predicted molar refractivity (Wildman–Crippen MR) is 62.2 cm³/mol. The topological polar surface area (TPSA) is 0 Å². The van der Waals surface area contributed by atoms with Gasteiger partial charge in [-0.1, -0.05) is 35.9 Å². The number of hydrogen-bond acceptors (Lipinski definition) is 0. The maximum atomic E-state index is 2.30. The van der Waals surface area contributed by atoms with E-state index in [1.54, 1.807) is 0 Å². The van der Waals surface area contributed by atoms with Gasteiger partial charge in [0.1, 0.15) is 0 Å². The molecule has 0 fully saturated rings. The van der Waals surface area contributed by atoms with Crippen LogP contribution in [0.4, 0.5) is 0 Å². The summed E-state index contributed by atoms with van der Waals surface area (Å²) in [6, 6.07) is 8.69. The van der Waals surface area contributed by atoms with E-state index in [0.29, 0.717) is 0 Å². The first-order valence-corrected chi connectivity index (χ1v) is 5.11. The number of allylic oxidation sites excluding steroid dienone is 4. The number of hydrogen-bond donors (Lipinski definition) is 0. The van der Waals surface area contributed by atoms with Gasteiger partial charge in [-0.15, -0.1) is 0 Å². The van der Waals surface area contributed by atoms with E-state index in [-0.39, 0.29) is 0 Å². The minimum atomic E-state index is 1.10. The van der Waals surface area contributed by atoms with Gasteiger partial charge in [0.05, 0.1) is 0 Å². The van der Waals surface area contributed by atoms with Gasteiger partial charge in [-0.25, -0.2) is 0 Å². The Labute approximate surface area is 86.0 Å². The molecule has 0 saturated carbocycles. The van der Waals surface area contributed by atoms with Crippen molar-refractivity contribution >= 4 is 5.57 Å². The second kappa shape index (κ2) is 3.45. The standard InChI is InChI=1S/C14H16/c1-10(2)8-13-9-12-6-4-5-7-14(12)11(13)3/h4-8H,9H2,1-3H3. The van der Waals surface area contributed by atoms with Crippen molar-refractivity contribution in [2.45, 2.75) is 27.2 Å². The Morgan fingerprint density at radius 3 is 2.57 bits per heavy atom. The van der Waals surface area contributed by atoms with Crippen LogP contribution in [0.2, 0.25) is 0 Å². The van der Waals surface area contributed by atoms with E-state index >= 15 is 0 Å². The molecule has 0 amide bonds. The van der Waals surface area contributed by atoms with E-state index < -0.39 is 0 Å². The molecule has 0 aliphatic heterocycles. The molecule has 2 rings (SSSR count). The van der Waals surface area contributed by atoms with Crippen molar-refractivity contribution < 1.29 is 0 Å². The monoisotopic (exact) mass is 184 g/mol. The van der Waals surface area contributed by atoms with Crippen molar-refractivity contribution in [3.8, 4) is 0 Å². The highest BCUT2D eigenvalue weighted by molar-refractivity contribution is 5.77. The lowest BCUT2D eigenvalue weighted by molar-refractivity contribution is 1.22. The first kappa shape index (κ1) is 9.26. The summed E-state index contributed by atoms with van der Waals surface area (Å²) >= 11 is 0. The third-order valence-corrected chi connectivity index (χ3v) is 2.75. The van der Waals surface area contributed by atoms with E-state index in [1.165, 1.54) is 27.8 Å². The molecule has 0 spiro atoms. The molecule has 0 heterocycles. The van der Waals surface area contributed by atoms with Crippen LogP contribution in [0.15, 0.2) is 41.5 Å². The molecule has 0 aromatic heterocycles. The van der Waals surface area contributed by atoms with Crippen LogP contribution in [0, 0.1) is 0 Å². The van der Waals surface area contributed by atoms with Crippen LogP contribution in [0.25, 0.3) is 5.57 Å². The molecule has 0 N–H and O–H groups in total. The van der Waals surface area contributed by atoms with Gasteiger partial charge in [0.2, 0.25) is 0 Å². The van der Waals surface area contributed by atoms with E-state index in [4.69, 9.17) is 0 Å². The van der Waals surface area contributed by atoms with Gasteiger partial charge in [0.15, 0.2) is 0 Å². The summed E-state index contributed by atoms with van der Waals surface area (Å²) in [6.45, 7) is 6.53. The van der Waals surface area contributed by atoms with Gasteiger partial charge >= 0.3 is 0 Å². The molecule has 14 heavy (non-hydrogen) atoms. The summed E-state index contributed by atoms with van der Waals surface area (Å²) in [7, 11) is 0. The first-order chi connectivity index (χ1) is 6.68. The van der Waals surface area contributed by atoms with Crippen molar-refractivity contribution in [2.75, 3.05) is 0 Å². The summed E-state index contributed by atoms with van der Waals surface area (Å²) in [5, 5.41) is 0. The Hall–Kier alpha value is -1.30. The van der Waals surface area contributed by atoms with E-state index in [2.05, 4.69) is 51.1 Å². The van der Waals surface area contributed by atoms with Crippen LogP contribution < -0.4 is 0 Å². The maximum absolute atomic E-state index is 2.30. The molecule has 1 aromatic carbocycles. The van der Waals surface area contributed by atoms with Crippen molar-refractivity contribution in [1.29, 1.82) is 0 Å². The zero-order valence-electron chi connectivity index (χ0n) is 9.09. The van der Waals surface area contributed by atoms with E-state index in [9.17, 15) is 0 Å². The Balaban J connectivity index is 2.45. The zero-order chi connectivity index (χ0) is 10.1. The maximum Gasteiger partial charge on any atom is -0.00169 e. The number of benzene rings is 1. The summed E-state index contributed by atoms with van der Waals surface area (Å²) in [5.41, 5.74) is 7.21. The van der Waals surface area contributed by atoms with Gasteiger partial charge in [0.25, 0.3) is 0 Å².